The fourth-order valence-electron chi connectivity index (χ4n) is 0.976. The van der Waals surface area contributed by atoms with Gasteiger partial charge in [-0.25, -0.2) is 4.98 Å². The highest BCUT2D eigenvalue weighted by atomic mass is 32.1. The number of thiocarbonyl (C=S) groups is 1. The van der Waals surface area contributed by atoms with Gasteiger partial charge in [0.1, 0.15) is 5.82 Å². The van der Waals surface area contributed by atoms with Crippen molar-refractivity contribution in [3.63, 3.8) is 0 Å². The Kier molecular flexibility index (Phi) is 4.93. The second-order valence-corrected chi connectivity index (χ2v) is 3.36. The van der Waals surface area contributed by atoms with Crippen LogP contribution < -0.4 is 10.6 Å². The molecule has 0 atom stereocenters. The third-order valence-corrected chi connectivity index (χ3v) is 1.97. The summed E-state index contributed by atoms with van der Waals surface area (Å²) >= 11 is 5.09. The van der Waals surface area contributed by atoms with Gasteiger partial charge in [-0.2, -0.15) is 0 Å². The fraction of sp³-hybridized carbons (Fsp3) is 0.400. The van der Waals surface area contributed by atoms with Gasteiger partial charge in [0.15, 0.2) is 5.11 Å². The van der Waals surface area contributed by atoms with Crippen molar-refractivity contribution >= 4 is 23.1 Å². The van der Waals surface area contributed by atoms with Gasteiger partial charge >= 0.3 is 0 Å². The molecule has 0 spiro atoms. The minimum absolute atomic E-state index is 0.636. The summed E-state index contributed by atoms with van der Waals surface area (Å²) in [6, 6.07) is 5.68. The van der Waals surface area contributed by atoms with Crippen molar-refractivity contribution in [2.45, 2.75) is 19.8 Å². The topological polar surface area (TPSA) is 37.0 Å². The van der Waals surface area contributed by atoms with Crippen LogP contribution in [0.25, 0.3) is 0 Å². The first-order chi connectivity index (χ1) is 6.83. The molecule has 0 saturated carbocycles. The molecule has 1 rings (SSSR count). The SMILES string of the molecule is CCCCNC(=S)Nc1ccccn1. The van der Waals surface area contributed by atoms with Crippen molar-refractivity contribution in [1.29, 1.82) is 0 Å². The summed E-state index contributed by atoms with van der Waals surface area (Å²) in [5, 5.41) is 6.76. The third kappa shape index (κ3) is 4.18. The van der Waals surface area contributed by atoms with E-state index in [0.717, 1.165) is 18.8 Å². The first-order valence-corrected chi connectivity index (χ1v) is 5.19. The third-order valence-electron chi connectivity index (χ3n) is 1.72. The number of anilines is 1. The van der Waals surface area contributed by atoms with Crippen molar-refractivity contribution in [3.05, 3.63) is 24.4 Å². The van der Waals surface area contributed by atoms with E-state index in [1.807, 2.05) is 18.2 Å². The van der Waals surface area contributed by atoms with E-state index >= 15 is 0 Å². The van der Waals surface area contributed by atoms with E-state index in [1.165, 1.54) is 6.42 Å². The van der Waals surface area contributed by atoms with Crippen LogP contribution in [-0.2, 0) is 0 Å². The summed E-state index contributed by atoms with van der Waals surface area (Å²) in [7, 11) is 0. The lowest BCUT2D eigenvalue weighted by Crippen LogP contribution is -2.29. The van der Waals surface area contributed by atoms with Gasteiger partial charge in [-0.15, -0.1) is 0 Å². The summed E-state index contributed by atoms with van der Waals surface area (Å²) in [6.45, 7) is 3.06. The van der Waals surface area contributed by atoms with Gasteiger partial charge in [-0.05, 0) is 30.8 Å². The molecule has 0 fully saturated rings. The summed E-state index contributed by atoms with van der Waals surface area (Å²) < 4.78 is 0. The molecule has 0 saturated heterocycles. The fourth-order valence-corrected chi connectivity index (χ4v) is 1.18. The zero-order valence-corrected chi connectivity index (χ0v) is 9.10. The van der Waals surface area contributed by atoms with Crippen LogP contribution >= 0.6 is 12.2 Å². The monoisotopic (exact) mass is 209 g/mol. The Morgan fingerprint density at radius 2 is 2.36 bits per heavy atom. The Bertz CT molecular complexity index is 274. The van der Waals surface area contributed by atoms with Gasteiger partial charge in [0.25, 0.3) is 0 Å². The number of rotatable bonds is 4. The largest absolute Gasteiger partial charge is 0.362 e. The second kappa shape index (κ2) is 6.32. The summed E-state index contributed by atoms with van der Waals surface area (Å²) in [6.07, 6.45) is 4.03. The summed E-state index contributed by atoms with van der Waals surface area (Å²) in [5.41, 5.74) is 0. The molecule has 0 unspecified atom stereocenters. The summed E-state index contributed by atoms with van der Waals surface area (Å²) in [4.78, 5) is 4.11. The Labute approximate surface area is 89.9 Å². The normalized spacial score (nSPS) is 9.50. The molecule has 1 aromatic rings. The predicted octanol–water partition coefficient (Wildman–Crippen LogP) is 2.17. The highest BCUT2D eigenvalue weighted by Gasteiger charge is 1.95. The zero-order valence-electron chi connectivity index (χ0n) is 8.29. The molecular formula is C10H15N3S. The molecule has 0 aliphatic rings. The average Bonchev–Trinajstić information content (AvgIpc) is 2.20. The molecule has 4 heteroatoms. The van der Waals surface area contributed by atoms with Crippen LogP contribution in [0.5, 0.6) is 0 Å². The second-order valence-electron chi connectivity index (χ2n) is 2.95. The van der Waals surface area contributed by atoms with Crippen LogP contribution in [-0.4, -0.2) is 16.6 Å². The molecule has 0 aromatic carbocycles. The molecule has 0 amide bonds. The lowest BCUT2D eigenvalue weighted by atomic mass is 10.3. The molecular weight excluding hydrogens is 194 g/mol. The van der Waals surface area contributed by atoms with E-state index in [9.17, 15) is 0 Å². The number of unbranched alkanes of at least 4 members (excludes halogenated alkanes) is 1. The zero-order chi connectivity index (χ0) is 10.2. The number of hydrogen-bond acceptors (Lipinski definition) is 2. The molecule has 14 heavy (non-hydrogen) atoms. The molecule has 3 nitrogen and oxygen atoms in total. The average molecular weight is 209 g/mol. The molecule has 0 bridgehead atoms. The quantitative estimate of drug-likeness (QED) is 0.588. The molecule has 0 aliphatic heterocycles. The Morgan fingerprint density at radius 3 is 3.00 bits per heavy atom. The minimum Gasteiger partial charge on any atom is -0.362 e. The molecule has 1 heterocycles. The lowest BCUT2D eigenvalue weighted by Gasteiger charge is -2.08. The first-order valence-electron chi connectivity index (χ1n) is 4.79. The van der Waals surface area contributed by atoms with Crippen LogP contribution in [0, 0.1) is 0 Å². The molecule has 1 aromatic heterocycles. The minimum atomic E-state index is 0.636. The maximum atomic E-state index is 5.09. The molecule has 0 aliphatic carbocycles. The number of hydrogen-bond donors (Lipinski definition) is 2. The van der Waals surface area contributed by atoms with E-state index in [1.54, 1.807) is 6.20 Å². The Balaban J connectivity index is 2.27. The van der Waals surface area contributed by atoms with Crippen molar-refractivity contribution in [1.82, 2.24) is 10.3 Å². The maximum Gasteiger partial charge on any atom is 0.171 e. The van der Waals surface area contributed by atoms with Crippen molar-refractivity contribution in [2.75, 3.05) is 11.9 Å². The van der Waals surface area contributed by atoms with Crippen molar-refractivity contribution in [3.8, 4) is 0 Å². The predicted molar refractivity (Wildman–Crippen MR) is 63.4 cm³/mol. The first kappa shape index (κ1) is 10.9. The number of aromatic nitrogens is 1. The van der Waals surface area contributed by atoms with Crippen LogP contribution in [0.2, 0.25) is 0 Å². The van der Waals surface area contributed by atoms with E-state index in [4.69, 9.17) is 12.2 Å². The number of nitrogens with one attached hydrogen (secondary N) is 2. The maximum absolute atomic E-state index is 5.09. The van der Waals surface area contributed by atoms with E-state index < -0.39 is 0 Å². The highest BCUT2D eigenvalue weighted by molar-refractivity contribution is 7.80. The van der Waals surface area contributed by atoms with Gasteiger partial charge in [0, 0.05) is 12.7 Å². The van der Waals surface area contributed by atoms with Gasteiger partial charge in [0.2, 0.25) is 0 Å². The smallest absolute Gasteiger partial charge is 0.171 e. The molecule has 0 radical (unpaired) electrons. The van der Waals surface area contributed by atoms with Crippen molar-refractivity contribution < 1.29 is 0 Å². The number of nitrogens with zero attached hydrogens (tertiary/aromatic N) is 1. The Hall–Kier alpha value is -1.16. The number of pyridine rings is 1. The van der Waals surface area contributed by atoms with Gasteiger partial charge in [0.05, 0.1) is 0 Å². The van der Waals surface area contributed by atoms with Crippen molar-refractivity contribution in [2.24, 2.45) is 0 Å². The van der Waals surface area contributed by atoms with Gasteiger partial charge < -0.3 is 10.6 Å². The van der Waals surface area contributed by atoms with Crippen LogP contribution in [0.15, 0.2) is 24.4 Å². The molecule has 76 valence electrons. The lowest BCUT2D eigenvalue weighted by molar-refractivity contribution is 0.758. The Morgan fingerprint density at radius 1 is 1.50 bits per heavy atom. The summed E-state index contributed by atoms with van der Waals surface area (Å²) in [5.74, 6) is 0.779. The van der Waals surface area contributed by atoms with Gasteiger partial charge in [-0.1, -0.05) is 19.4 Å². The highest BCUT2D eigenvalue weighted by Crippen LogP contribution is 1.98. The van der Waals surface area contributed by atoms with Gasteiger partial charge in [-0.3, -0.25) is 0 Å². The van der Waals surface area contributed by atoms with E-state index in [-0.39, 0.29) is 0 Å². The van der Waals surface area contributed by atoms with Crippen LogP contribution in [0.4, 0.5) is 5.82 Å². The molecule has 2 N–H and O–H groups in total. The van der Waals surface area contributed by atoms with Crippen LogP contribution in [0.3, 0.4) is 0 Å². The van der Waals surface area contributed by atoms with Crippen LogP contribution in [0.1, 0.15) is 19.8 Å². The van der Waals surface area contributed by atoms with E-state index in [0.29, 0.717) is 5.11 Å². The standard InChI is InChI=1S/C10H15N3S/c1-2-3-7-12-10(14)13-9-6-4-5-8-11-9/h4-6,8H,2-3,7H2,1H3,(H2,11,12,13,14). The van der Waals surface area contributed by atoms with E-state index in [2.05, 4.69) is 22.5 Å².